The van der Waals surface area contributed by atoms with Crippen LogP contribution in [-0.4, -0.2) is 23.3 Å². The van der Waals surface area contributed by atoms with Crippen molar-refractivity contribution < 1.29 is 9.59 Å². The standard InChI is InChI=1S/C23H24N2O2/c26-21-13-15-23(17-24-22(27)19-10-5-2-6-11-19)14-7-12-20(23)25(21)16-18-8-3-1-4-9-18/h1-6,8-12H,7,13-17H2,(H,24,27). The van der Waals surface area contributed by atoms with Crippen molar-refractivity contribution in [2.45, 2.75) is 32.2 Å². The second-order valence-corrected chi connectivity index (χ2v) is 7.42. The Hall–Kier alpha value is -2.88. The predicted octanol–water partition coefficient (Wildman–Crippen LogP) is 3.90. The molecule has 0 spiro atoms. The Labute approximate surface area is 159 Å². The van der Waals surface area contributed by atoms with Crippen LogP contribution >= 0.6 is 0 Å². The van der Waals surface area contributed by atoms with Crippen LogP contribution in [0.15, 0.2) is 72.4 Å². The van der Waals surface area contributed by atoms with E-state index >= 15 is 0 Å². The first-order valence-electron chi connectivity index (χ1n) is 9.56. The molecule has 2 amide bonds. The van der Waals surface area contributed by atoms with Gasteiger partial charge in [0.1, 0.15) is 0 Å². The lowest BCUT2D eigenvalue weighted by Crippen LogP contribution is -2.47. The Morgan fingerprint density at radius 2 is 1.70 bits per heavy atom. The maximum absolute atomic E-state index is 12.6. The second kappa shape index (κ2) is 7.39. The number of likely N-dealkylation sites (tertiary alicyclic amines) is 1. The summed E-state index contributed by atoms with van der Waals surface area (Å²) in [5.74, 6) is 0.125. The molecule has 138 valence electrons. The first kappa shape index (κ1) is 17.5. The van der Waals surface area contributed by atoms with E-state index < -0.39 is 0 Å². The zero-order valence-corrected chi connectivity index (χ0v) is 15.4. The number of nitrogens with one attached hydrogen (secondary N) is 1. The Morgan fingerprint density at radius 3 is 2.44 bits per heavy atom. The van der Waals surface area contributed by atoms with E-state index in [1.165, 1.54) is 0 Å². The molecule has 0 aromatic heterocycles. The number of amides is 2. The number of carbonyl (C=O) groups is 2. The third kappa shape index (κ3) is 3.52. The highest BCUT2D eigenvalue weighted by Crippen LogP contribution is 2.48. The van der Waals surface area contributed by atoms with E-state index in [4.69, 9.17) is 0 Å². The minimum Gasteiger partial charge on any atom is -0.351 e. The summed E-state index contributed by atoms with van der Waals surface area (Å²) < 4.78 is 0. The van der Waals surface area contributed by atoms with Gasteiger partial charge in [-0.15, -0.1) is 0 Å². The third-order valence-electron chi connectivity index (χ3n) is 5.72. The molecule has 0 bridgehead atoms. The van der Waals surface area contributed by atoms with E-state index in [-0.39, 0.29) is 17.2 Å². The van der Waals surface area contributed by atoms with Crippen LogP contribution in [0, 0.1) is 5.41 Å². The lowest BCUT2D eigenvalue weighted by atomic mass is 9.76. The summed E-state index contributed by atoms with van der Waals surface area (Å²) >= 11 is 0. The highest BCUT2D eigenvalue weighted by atomic mass is 16.2. The normalized spacial score (nSPS) is 21.6. The molecule has 1 atom stereocenters. The fraction of sp³-hybridized carbons (Fsp3) is 0.304. The lowest BCUT2D eigenvalue weighted by molar-refractivity contribution is -0.133. The molecule has 2 aromatic carbocycles. The van der Waals surface area contributed by atoms with Gasteiger partial charge in [0.15, 0.2) is 0 Å². The molecule has 4 nitrogen and oxygen atoms in total. The highest BCUT2D eigenvalue weighted by molar-refractivity contribution is 5.94. The second-order valence-electron chi connectivity index (χ2n) is 7.42. The van der Waals surface area contributed by atoms with Crippen molar-refractivity contribution in [3.05, 3.63) is 83.6 Å². The molecule has 2 aromatic rings. The molecule has 2 aliphatic rings. The predicted molar refractivity (Wildman–Crippen MR) is 105 cm³/mol. The van der Waals surface area contributed by atoms with Crippen LogP contribution in [0.4, 0.5) is 0 Å². The Morgan fingerprint density at radius 1 is 1.00 bits per heavy atom. The molecule has 0 saturated carbocycles. The van der Waals surface area contributed by atoms with Crippen LogP contribution in [0.2, 0.25) is 0 Å². The van der Waals surface area contributed by atoms with Gasteiger partial charge in [0.25, 0.3) is 5.91 Å². The van der Waals surface area contributed by atoms with Crippen molar-refractivity contribution >= 4 is 11.8 Å². The number of nitrogens with zero attached hydrogens (tertiary/aromatic N) is 1. The first-order valence-corrected chi connectivity index (χ1v) is 9.56. The van der Waals surface area contributed by atoms with Crippen molar-refractivity contribution in [3.63, 3.8) is 0 Å². The van der Waals surface area contributed by atoms with E-state index in [0.717, 1.165) is 30.5 Å². The van der Waals surface area contributed by atoms with E-state index in [0.29, 0.717) is 25.1 Å². The number of benzene rings is 2. The lowest BCUT2D eigenvalue weighted by Gasteiger charge is -2.42. The maximum atomic E-state index is 12.6. The van der Waals surface area contributed by atoms with Crippen molar-refractivity contribution in [3.8, 4) is 0 Å². The van der Waals surface area contributed by atoms with E-state index in [1.54, 1.807) is 0 Å². The SMILES string of the molecule is O=C(NCC12CCC=C1N(Cc1ccccc1)C(=O)CC2)c1ccccc1. The van der Waals surface area contributed by atoms with E-state index in [1.807, 2.05) is 53.4 Å². The summed E-state index contributed by atoms with van der Waals surface area (Å²) in [6, 6.07) is 19.4. The average Bonchev–Trinajstić information content (AvgIpc) is 3.14. The van der Waals surface area contributed by atoms with Crippen molar-refractivity contribution in [2.24, 2.45) is 5.41 Å². The summed E-state index contributed by atoms with van der Waals surface area (Å²) in [6.45, 7) is 1.17. The number of allylic oxidation sites excluding steroid dienone is 1. The Balaban J connectivity index is 1.51. The highest BCUT2D eigenvalue weighted by Gasteiger charge is 2.45. The fourth-order valence-electron chi connectivity index (χ4n) is 4.24. The topological polar surface area (TPSA) is 49.4 Å². The van der Waals surface area contributed by atoms with Crippen LogP contribution in [0.3, 0.4) is 0 Å². The molecule has 1 aliphatic heterocycles. The van der Waals surface area contributed by atoms with Gasteiger partial charge in [0, 0.05) is 29.6 Å². The van der Waals surface area contributed by atoms with Crippen molar-refractivity contribution in [2.75, 3.05) is 6.54 Å². The molecular formula is C23H24N2O2. The molecule has 4 heteroatoms. The summed E-state index contributed by atoms with van der Waals surface area (Å²) in [7, 11) is 0. The Bertz CT molecular complexity index is 860. The minimum atomic E-state index is -0.132. The number of fused-ring (bicyclic) bond motifs is 1. The first-order chi connectivity index (χ1) is 13.2. The van der Waals surface area contributed by atoms with Crippen LogP contribution in [0.25, 0.3) is 0 Å². The summed E-state index contributed by atoms with van der Waals surface area (Å²) in [4.78, 5) is 27.1. The van der Waals surface area contributed by atoms with E-state index in [9.17, 15) is 9.59 Å². The Kier molecular flexibility index (Phi) is 4.80. The van der Waals surface area contributed by atoms with Gasteiger partial charge in [-0.05, 0) is 37.0 Å². The van der Waals surface area contributed by atoms with Gasteiger partial charge in [0.2, 0.25) is 5.91 Å². The minimum absolute atomic E-state index is 0.0530. The van der Waals surface area contributed by atoms with Gasteiger partial charge < -0.3 is 10.2 Å². The maximum Gasteiger partial charge on any atom is 0.251 e. The fourth-order valence-corrected chi connectivity index (χ4v) is 4.24. The molecule has 1 N–H and O–H groups in total. The van der Waals surface area contributed by atoms with Crippen LogP contribution < -0.4 is 5.32 Å². The number of hydrogen-bond donors (Lipinski definition) is 1. The molecular weight excluding hydrogens is 336 g/mol. The quantitative estimate of drug-likeness (QED) is 0.879. The van der Waals surface area contributed by atoms with E-state index in [2.05, 4.69) is 23.5 Å². The molecule has 1 unspecified atom stereocenters. The van der Waals surface area contributed by atoms with Crippen LogP contribution in [0.5, 0.6) is 0 Å². The van der Waals surface area contributed by atoms with Gasteiger partial charge in [0.05, 0.1) is 6.54 Å². The number of piperidine rings is 1. The molecule has 1 heterocycles. The number of rotatable bonds is 5. The largest absolute Gasteiger partial charge is 0.351 e. The summed E-state index contributed by atoms with van der Waals surface area (Å²) in [5.41, 5.74) is 2.76. The molecule has 1 saturated heterocycles. The van der Waals surface area contributed by atoms with Gasteiger partial charge in [-0.2, -0.15) is 0 Å². The number of hydrogen-bond acceptors (Lipinski definition) is 2. The molecule has 1 aliphatic carbocycles. The third-order valence-corrected chi connectivity index (χ3v) is 5.72. The summed E-state index contributed by atoms with van der Waals surface area (Å²) in [6.07, 6.45) is 5.46. The van der Waals surface area contributed by atoms with Gasteiger partial charge in [-0.1, -0.05) is 54.6 Å². The zero-order valence-electron chi connectivity index (χ0n) is 15.4. The average molecular weight is 360 g/mol. The summed E-state index contributed by atoms with van der Waals surface area (Å²) in [5, 5.41) is 3.11. The van der Waals surface area contributed by atoms with Gasteiger partial charge in [-0.3, -0.25) is 9.59 Å². The van der Waals surface area contributed by atoms with Gasteiger partial charge in [-0.25, -0.2) is 0 Å². The molecule has 4 rings (SSSR count). The van der Waals surface area contributed by atoms with Crippen LogP contribution in [0.1, 0.15) is 41.6 Å². The van der Waals surface area contributed by atoms with Crippen molar-refractivity contribution in [1.82, 2.24) is 10.2 Å². The molecule has 27 heavy (non-hydrogen) atoms. The van der Waals surface area contributed by atoms with Crippen LogP contribution in [-0.2, 0) is 11.3 Å². The van der Waals surface area contributed by atoms with Gasteiger partial charge >= 0.3 is 0 Å². The molecule has 0 radical (unpaired) electrons. The number of carbonyl (C=O) groups excluding carboxylic acids is 2. The van der Waals surface area contributed by atoms with Crippen molar-refractivity contribution in [1.29, 1.82) is 0 Å². The monoisotopic (exact) mass is 360 g/mol. The zero-order chi connectivity index (χ0) is 18.7. The molecule has 1 fully saturated rings. The smallest absolute Gasteiger partial charge is 0.251 e.